The number of carbonyl (C=O) groups excluding carboxylic acids is 3. The fraction of sp³-hybridized carbons (Fsp3) is 0.629. The van der Waals surface area contributed by atoms with Gasteiger partial charge in [0.1, 0.15) is 12.7 Å². The Hall–Kier alpha value is -4.12. The van der Waals surface area contributed by atoms with E-state index in [2.05, 4.69) is 106 Å². The van der Waals surface area contributed by atoms with E-state index in [-0.39, 0.29) is 25.9 Å². The van der Waals surface area contributed by atoms with Crippen LogP contribution >= 0.6 is 7.82 Å². The number of phosphoric ester groups is 1. The van der Waals surface area contributed by atoms with Crippen molar-refractivity contribution in [1.82, 2.24) is 0 Å². The van der Waals surface area contributed by atoms with Crippen LogP contribution in [0.15, 0.2) is 122 Å². The molecule has 0 spiro atoms. The van der Waals surface area contributed by atoms with Gasteiger partial charge in [0.15, 0.2) is 6.10 Å². The van der Waals surface area contributed by atoms with E-state index in [1.807, 2.05) is 30.4 Å². The third kappa shape index (κ3) is 52.7. The van der Waals surface area contributed by atoms with Gasteiger partial charge in [-0.1, -0.05) is 219 Å². The summed E-state index contributed by atoms with van der Waals surface area (Å²) in [6, 6.07) is 0. The third-order valence-electron chi connectivity index (χ3n) is 11.4. The number of ether oxygens (including phenoxy) is 3. The summed E-state index contributed by atoms with van der Waals surface area (Å²) in [5, 5.41) is 9.78. The summed E-state index contributed by atoms with van der Waals surface area (Å²) < 4.78 is 39.3. The van der Waals surface area contributed by atoms with Gasteiger partial charge in [-0.2, -0.15) is 0 Å². The first-order chi connectivity index (χ1) is 36.2. The molecule has 0 saturated carbocycles. The summed E-state index contributed by atoms with van der Waals surface area (Å²) in [4.78, 5) is 48.4. The molecule has 0 heterocycles. The van der Waals surface area contributed by atoms with Gasteiger partial charge in [0, 0.05) is 12.8 Å². The Morgan fingerprint density at radius 2 is 0.784 bits per heavy atom. The predicted molar refractivity (Wildman–Crippen MR) is 306 cm³/mol. The molecule has 12 heteroatoms. The van der Waals surface area contributed by atoms with E-state index < -0.39 is 57.8 Å². The number of hydrogen-bond acceptors (Lipinski definition) is 10. The second-order valence-corrected chi connectivity index (χ2v) is 19.8. The van der Waals surface area contributed by atoms with Crippen LogP contribution in [0.5, 0.6) is 0 Å². The maximum Gasteiger partial charge on any atom is 0.472 e. The summed E-state index contributed by atoms with van der Waals surface area (Å²) >= 11 is 0. The third-order valence-corrected chi connectivity index (χ3v) is 12.3. The lowest BCUT2D eigenvalue weighted by molar-refractivity contribution is -0.161. The van der Waals surface area contributed by atoms with Crippen molar-refractivity contribution in [1.29, 1.82) is 0 Å². The highest BCUT2D eigenvalue weighted by molar-refractivity contribution is 7.47. The van der Waals surface area contributed by atoms with Crippen molar-refractivity contribution < 1.29 is 52.2 Å². The van der Waals surface area contributed by atoms with Crippen LogP contribution in [-0.4, -0.2) is 66.5 Å². The van der Waals surface area contributed by atoms with E-state index in [0.29, 0.717) is 19.3 Å². The number of allylic oxidation sites excluding steroid dienone is 19. The van der Waals surface area contributed by atoms with E-state index >= 15 is 0 Å². The highest BCUT2D eigenvalue weighted by Crippen LogP contribution is 2.43. The van der Waals surface area contributed by atoms with Gasteiger partial charge in [-0.05, 0) is 96.3 Å². The molecule has 74 heavy (non-hydrogen) atoms. The monoisotopic (exact) mass is 1050 g/mol. The first-order valence-electron chi connectivity index (χ1n) is 28.4. The normalized spacial score (nSPS) is 14.3. The molecule has 420 valence electrons. The van der Waals surface area contributed by atoms with Crippen LogP contribution < -0.4 is 0 Å². The van der Waals surface area contributed by atoms with Gasteiger partial charge in [-0.25, -0.2) is 4.57 Å². The number of unbranched alkanes of at least 4 members (excludes halogenated alkanes) is 15. The average Bonchev–Trinajstić information content (AvgIpc) is 3.39. The molecule has 0 saturated heterocycles. The first kappa shape index (κ1) is 69.9. The Bertz CT molecular complexity index is 1700. The lowest BCUT2D eigenvalue weighted by atomic mass is 10.1. The summed E-state index contributed by atoms with van der Waals surface area (Å²) in [5.41, 5.74) is 0. The van der Waals surface area contributed by atoms with E-state index in [1.165, 1.54) is 83.5 Å². The summed E-state index contributed by atoms with van der Waals surface area (Å²) in [7, 11) is -4.79. The molecule has 0 radical (unpaired) electrons. The van der Waals surface area contributed by atoms with Crippen LogP contribution in [-0.2, 0) is 42.2 Å². The number of rotatable bonds is 51. The number of hydrogen-bond donors (Lipinski definition) is 2. The molecule has 2 N–H and O–H groups in total. The minimum Gasteiger partial charge on any atom is -0.462 e. The van der Waals surface area contributed by atoms with Crippen LogP contribution in [0.4, 0.5) is 0 Å². The molecule has 0 aliphatic carbocycles. The van der Waals surface area contributed by atoms with Crippen LogP contribution in [0.1, 0.15) is 213 Å². The van der Waals surface area contributed by atoms with Crippen LogP contribution in [0.2, 0.25) is 0 Å². The van der Waals surface area contributed by atoms with Gasteiger partial charge >= 0.3 is 25.7 Å². The van der Waals surface area contributed by atoms with Gasteiger partial charge in [-0.3, -0.25) is 23.4 Å². The molecule has 0 aliphatic heterocycles. The Labute approximate surface area is 449 Å². The van der Waals surface area contributed by atoms with E-state index in [4.69, 9.17) is 23.3 Å². The highest BCUT2D eigenvalue weighted by Gasteiger charge is 2.28. The van der Waals surface area contributed by atoms with E-state index in [9.17, 15) is 28.9 Å². The Morgan fingerprint density at radius 3 is 1.24 bits per heavy atom. The lowest BCUT2D eigenvalue weighted by Gasteiger charge is -2.21. The zero-order valence-electron chi connectivity index (χ0n) is 46.3. The van der Waals surface area contributed by atoms with Crippen molar-refractivity contribution in [2.24, 2.45) is 0 Å². The van der Waals surface area contributed by atoms with Gasteiger partial charge in [0.2, 0.25) is 0 Å². The summed E-state index contributed by atoms with van der Waals surface area (Å²) in [5.74, 6) is -1.71. The molecule has 0 rings (SSSR count). The molecule has 0 aromatic carbocycles. The SMILES string of the molecule is CC/C=C\C/C=C\C/C=C\C/C=C\C/C=C\CC(=O)OC(CO)COP(=O)(O)OCC(COC(=O)CC/C=C\C/C=C\C/C=C\C/C=C\CC)OC(=O)CCCCCCCCCCC/C=C\CCCCCCCC. The average molecular weight is 1050 g/mol. The molecule has 0 aliphatic rings. The fourth-order valence-electron chi connectivity index (χ4n) is 7.15. The van der Waals surface area contributed by atoms with Crippen LogP contribution in [0.3, 0.4) is 0 Å². The number of phosphoric acid groups is 1. The van der Waals surface area contributed by atoms with Crippen molar-refractivity contribution >= 4 is 25.7 Å². The van der Waals surface area contributed by atoms with Gasteiger partial charge in [-0.15, -0.1) is 0 Å². The topological polar surface area (TPSA) is 155 Å². The summed E-state index contributed by atoms with van der Waals surface area (Å²) in [6.07, 6.45) is 67.8. The molecule has 0 amide bonds. The maximum atomic E-state index is 12.9. The van der Waals surface area contributed by atoms with Gasteiger partial charge in [0.05, 0.1) is 26.2 Å². The van der Waals surface area contributed by atoms with Crippen molar-refractivity contribution in [3.05, 3.63) is 122 Å². The highest BCUT2D eigenvalue weighted by atomic mass is 31.2. The molecule has 0 aromatic heterocycles. The second-order valence-electron chi connectivity index (χ2n) is 18.3. The quantitative estimate of drug-likeness (QED) is 0.0197. The number of esters is 3. The second kappa shape index (κ2) is 55.1. The largest absolute Gasteiger partial charge is 0.472 e. The smallest absolute Gasteiger partial charge is 0.462 e. The number of aliphatic hydroxyl groups is 1. The maximum absolute atomic E-state index is 12.9. The summed E-state index contributed by atoms with van der Waals surface area (Å²) in [6.45, 7) is 4.20. The molecule has 3 unspecified atom stereocenters. The predicted octanol–water partition coefficient (Wildman–Crippen LogP) is 16.8. The standard InChI is InChI=1S/C62H101O11P/c1-4-7-10-13-16-19-22-25-27-28-29-30-32-35-38-41-44-47-50-53-62(66)73-59(55-69-60(64)51-48-45-42-39-36-33-24-21-18-15-12-9-6-3)57-71-74(67,68)70-56-58(54-63)72-61(65)52-49-46-43-40-37-34-31-26-23-20-17-14-11-8-5-2/h8-9,11-12,17-18,20-21,25-27,31,33,36-37,40,42,45-46,49,58-59,63H,4-7,10,13-16,19,22-24,28-30,32,34-35,38-39,41,43-44,47-48,50-57H2,1-3H3,(H,67,68)/b11-8-,12-9-,20-17-,21-18-,27-25-,31-26-,36-33-,40-37-,45-42-,49-46-. The van der Waals surface area contributed by atoms with Crippen molar-refractivity contribution in [3.8, 4) is 0 Å². The van der Waals surface area contributed by atoms with Crippen molar-refractivity contribution in [3.63, 3.8) is 0 Å². The lowest BCUT2D eigenvalue weighted by Crippen LogP contribution is -2.30. The first-order valence-corrected chi connectivity index (χ1v) is 29.9. The minimum absolute atomic E-state index is 0.0651. The van der Waals surface area contributed by atoms with E-state index in [1.54, 1.807) is 6.08 Å². The van der Waals surface area contributed by atoms with Crippen molar-refractivity contribution in [2.75, 3.05) is 26.4 Å². The van der Waals surface area contributed by atoms with E-state index in [0.717, 1.165) is 70.6 Å². The molecule has 0 bridgehead atoms. The fourth-order valence-corrected chi connectivity index (χ4v) is 7.93. The minimum atomic E-state index is -4.79. The number of carbonyl (C=O) groups is 3. The van der Waals surface area contributed by atoms with Crippen LogP contribution in [0.25, 0.3) is 0 Å². The molecular weight excluding hydrogens is 952 g/mol. The van der Waals surface area contributed by atoms with Crippen molar-refractivity contribution in [2.45, 2.75) is 226 Å². The zero-order valence-corrected chi connectivity index (χ0v) is 47.2. The molecule has 0 aromatic rings. The number of aliphatic hydroxyl groups excluding tert-OH is 1. The Balaban J connectivity index is 4.86. The molecule has 11 nitrogen and oxygen atoms in total. The van der Waals surface area contributed by atoms with Gasteiger partial charge in [0.25, 0.3) is 0 Å². The Morgan fingerprint density at radius 1 is 0.405 bits per heavy atom. The Kier molecular flexibility index (Phi) is 52.1. The molecular formula is C62H101O11P. The van der Waals surface area contributed by atoms with Crippen LogP contribution in [0, 0.1) is 0 Å². The van der Waals surface area contributed by atoms with Gasteiger partial charge < -0.3 is 24.2 Å². The zero-order chi connectivity index (χ0) is 54.1. The molecule has 0 fully saturated rings. The molecule has 3 atom stereocenters.